The average Bonchev–Trinajstić information content (AvgIpc) is 2.68. The summed E-state index contributed by atoms with van der Waals surface area (Å²) in [6.45, 7) is 3.35. The van der Waals surface area contributed by atoms with Gasteiger partial charge in [0.2, 0.25) is 0 Å². The van der Waals surface area contributed by atoms with Crippen LogP contribution in [0.5, 0.6) is 5.75 Å². The van der Waals surface area contributed by atoms with Crippen LogP contribution in [-0.4, -0.2) is 53.5 Å². The maximum Gasteiger partial charge on any atom is 0.163 e. The molecule has 2 aromatic heterocycles. The predicted molar refractivity (Wildman–Crippen MR) is 100 cm³/mol. The molecule has 0 spiro atoms. The SMILES string of the molecule is COc1ccc2nc(-c3cccnc3)nc(NCCOCCO)c2c1C. The first-order valence-electron chi connectivity index (χ1n) is 8.43. The van der Waals surface area contributed by atoms with Crippen molar-refractivity contribution in [3.8, 4) is 17.1 Å². The lowest BCUT2D eigenvalue weighted by Gasteiger charge is -2.14. The molecule has 0 aliphatic heterocycles. The molecular weight excluding hydrogens is 332 g/mol. The van der Waals surface area contributed by atoms with E-state index in [0.29, 0.717) is 25.6 Å². The number of anilines is 1. The molecule has 3 rings (SSSR count). The first kappa shape index (κ1) is 18.0. The number of aliphatic hydroxyl groups excluding tert-OH is 1. The van der Waals surface area contributed by atoms with Crippen molar-refractivity contribution >= 4 is 16.7 Å². The number of hydrogen-bond acceptors (Lipinski definition) is 7. The summed E-state index contributed by atoms with van der Waals surface area (Å²) < 4.78 is 10.8. The van der Waals surface area contributed by atoms with E-state index in [-0.39, 0.29) is 6.61 Å². The van der Waals surface area contributed by atoms with Crippen LogP contribution in [0.4, 0.5) is 5.82 Å². The van der Waals surface area contributed by atoms with E-state index in [4.69, 9.17) is 19.6 Å². The summed E-state index contributed by atoms with van der Waals surface area (Å²) in [5.41, 5.74) is 2.65. The smallest absolute Gasteiger partial charge is 0.163 e. The topological polar surface area (TPSA) is 89.4 Å². The number of methoxy groups -OCH3 is 1. The van der Waals surface area contributed by atoms with Gasteiger partial charge >= 0.3 is 0 Å². The minimum Gasteiger partial charge on any atom is -0.496 e. The van der Waals surface area contributed by atoms with E-state index in [1.165, 1.54) is 0 Å². The van der Waals surface area contributed by atoms with Gasteiger partial charge in [-0.1, -0.05) is 0 Å². The van der Waals surface area contributed by atoms with Crippen molar-refractivity contribution in [3.63, 3.8) is 0 Å². The molecule has 0 aliphatic carbocycles. The Morgan fingerprint density at radius 1 is 1.15 bits per heavy atom. The zero-order chi connectivity index (χ0) is 18.4. The third-order valence-electron chi connectivity index (χ3n) is 3.99. The Labute approximate surface area is 152 Å². The van der Waals surface area contributed by atoms with Gasteiger partial charge in [-0.15, -0.1) is 0 Å². The van der Waals surface area contributed by atoms with Crippen LogP contribution >= 0.6 is 0 Å². The van der Waals surface area contributed by atoms with Gasteiger partial charge in [-0.2, -0.15) is 0 Å². The van der Waals surface area contributed by atoms with Crippen molar-refractivity contribution in [1.82, 2.24) is 15.0 Å². The lowest BCUT2D eigenvalue weighted by atomic mass is 10.1. The van der Waals surface area contributed by atoms with E-state index in [1.54, 1.807) is 19.5 Å². The van der Waals surface area contributed by atoms with Gasteiger partial charge in [-0.25, -0.2) is 9.97 Å². The Hall–Kier alpha value is -2.77. The molecule has 2 heterocycles. The number of hydrogen-bond donors (Lipinski definition) is 2. The monoisotopic (exact) mass is 354 g/mol. The number of rotatable bonds is 8. The van der Waals surface area contributed by atoms with Gasteiger partial charge in [0.1, 0.15) is 11.6 Å². The highest BCUT2D eigenvalue weighted by Gasteiger charge is 2.14. The van der Waals surface area contributed by atoms with Gasteiger partial charge in [0.05, 0.1) is 32.4 Å². The third-order valence-corrected chi connectivity index (χ3v) is 3.99. The number of aromatic nitrogens is 3. The number of nitrogens with zero attached hydrogens (tertiary/aromatic N) is 3. The standard InChI is InChI=1S/C19H22N4O3/c1-13-16(25-2)6-5-15-17(13)19(21-8-10-26-11-9-24)23-18(22-15)14-4-3-7-20-12-14/h3-7,12,24H,8-11H2,1-2H3,(H,21,22,23). The second-order valence-electron chi connectivity index (χ2n) is 5.69. The van der Waals surface area contributed by atoms with Crippen molar-refractivity contribution in [2.45, 2.75) is 6.92 Å². The molecule has 0 unspecified atom stereocenters. The maximum atomic E-state index is 8.79. The largest absolute Gasteiger partial charge is 0.496 e. The summed E-state index contributed by atoms with van der Waals surface area (Å²) in [5, 5.41) is 13.0. The van der Waals surface area contributed by atoms with Crippen LogP contribution in [0, 0.1) is 6.92 Å². The van der Waals surface area contributed by atoms with Gasteiger partial charge < -0.3 is 19.9 Å². The fraction of sp³-hybridized carbons (Fsp3) is 0.316. The lowest BCUT2D eigenvalue weighted by Crippen LogP contribution is -2.13. The minimum atomic E-state index is 0.0118. The van der Waals surface area contributed by atoms with Crippen molar-refractivity contribution in [1.29, 1.82) is 0 Å². The molecule has 0 saturated carbocycles. The van der Waals surface area contributed by atoms with E-state index in [0.717, 1.165) is 33.6 Å². The van der Waals surface area contributed by atoms with E-state index in [1.807, 2.05) is 31.2 Å². The van der Waals surface area contributed by atoms with Crippen LogP contribution in [0.25, 0.3) is 22.3 Å². The second-order valence-corrected chi connectivity index (χ2v) is 5.69. The summed E-state index contributed by atoms with van der Waals surface area (Å²) in [7, 11) is 1.65. The molecule has 0 saturated heterocycles. The fourth-order valence-corrected chi connectivity index (χ4v) is 2.75. The molecule has 0 radical (unpaired) electrons. The third kappa shape index (κ3) is 3.89. The predicted octanol–water partition coefficient (Wildman–Crippen LogP) is 2.43. The van der Waals surface area contributed by atoms with Gasteiger partial charge in [0, 0.05) is 35.5 Å². The molecule has 0 amide bonds. The molecule has 2 N–H and O–H groups in total. The van der Waals surface area contributed by atoms with Gasteiger partial charge in [0.25, 0.3) is 0 Å². The molecule has 3 aromatic rings. The quantitative estimate of drug-likeness (QED) is 0.601. The number of benzene rings is 1. The van der Waals surface area contributed by atoms with Crippen LogP contribution in [0.1, 0.15) is 5.56 Å². The molecule has 0 aliphatic rings. The van der Waals surface area contributed by atoms with Crippen LogP contribution in [0.3, 0.4) is 0 Å². The minimum absolute atomic E-state index is 0.0118. The Morgan fingerprint density at radius 2 is 2.04 bits per heavy atom. The molecule has 7 nitrogen and oxygen atoms in total. The first-order valence-corrected chi connectivity index (χ1v) is 8.43. The lowest BCUT2D eigenvalue weighted by molar-refractivity contribution is 0.0992. The van der Waals surface area contributed by atoms with Crippen LogP contribution < -0.4 is 10.1 Å². The summed E-state index contributed by atoms with van der Waals surface area (Å²) in [6.07, 6.45) is 3.46. The Balaban J connectivity index is 2.01. The Kier molecular flexibility index (Phi) is 5.93. The highest BCUT2D eigenvalue weighted by molar-refractivity contribution is 5.94. The number of nitrogens with one attached hydrogen (secondary N) is 1. The van der Waals surface area contributed by atoms with Crippen molar-refractivity contribution in [3.05, 3.63) is 42.2 Å². The van der Waals surface area contributed by atoms with E-state index in [9.17, 15) is 0 Å². The number of pyridine rings is 1. The molecule has 0 bridgehead atoms. The first-order chi connectivity index (χ1) is 12.7. The fourth-order valence-electron chi connectivity index (χ4n) is 2.75. The van der Waals surface area contributed by atoms with Crippen LogP contribution in [0.15, 0.2) is 36.7 Å². The highest BCUT2D eigenvalue weighted by Crippen LogP contribution is 2.32. The second kappa shape index (κ2) is 8.55. The van der Waals surface area contributed by atoms with E-state index >= 15 is 0 Å². The summed E-state index contributed by atoms with van der Waals surface area (Å²) in [5.74, 6) is 2.11. The van der Waals surface area contributed by atoms with Gasteiger partial charge in [0.15, 0.2) is 5.82 Å². The maximum absolute atomic E-state index is 8.79. The molecule has 136 valence electrons. The van der Waals surface area contributed by atoms with Gasteiger partial charge in [-0.05, 0) is 31.2 Å². The van der Waals surface area contributed by atoms with E-state index < -0.39 is 0 Å². The molecule has 0 atom stereocenters. The van der Waals surface area contributed by atoms with Crippen molar-refractivity contribution < 1.29 is 14.6 Å². The van der Waals surface area contributed by atoms with E-state index in [2.05, 4.69) is 15.3 Å². The highest BCUT2D eigenvalue weighted by atomic mass is 16.5. The summed E-state index contributed by atoms with van der Waals surface area (Å²) in [6, 6.07) is 7.62. The Bertz CT molecular complexity index is 872. The number of ether oxygens (including phenoxy) is 2. The summed E-state index contributed by atoms with van der Waals surface area (Å²) in [4.78, 5) is 13.5. The van der Waals surface area contributed by atoms with Crippen LogP contribution in [-0.2, 0) is 4.74 Å². The number of aliphatic hydroxyl groups is 1. The zero-order valence-corrected chi connectivity index (χ0v) is 14.9. The molecular formula is C19H22N4O3. The number of aryl methyl sites for hydroxylation is 1. The number of fused-ring (bicyclic) bond motifs is 1. The van der Waals surface area contributed by atoms with Gasteiger partial charge in [-0.3, -0.25) is 4.98 Å². The summed E-state index contributed by atoms with van der Waals surface area (Å²) >= 11 is 0. The molecule has 1 aromatic carbocycles. The Morgan fingerprint density at radius 3 is 2.77 bits per heavy atom. The molecule has 26 heavy (non-hydrogen) atoms. The van der Waals surface area contributed by atoms with Crippen molar-refractivity contribution in [2.75, 3.05) is 38.8 Å². The van der Waals surface area contributed by atoms with Crippen molar-refractivity contribution in [2.24, 2.45) is 0 Å². The van der Waals surface area contributed by atoms with Crippen LogP contribution in [0.2, 0.25) is 0 Å². The molecule has 0 fully saturated rings. The molecule has 7 heteroatoms. The zero-order valence-electron chi connectivity index (χ0n) is 14.9. The normalized spacial score (nSPS) is 10.9. The average molecular weight is 354 g/mol.